The molecular formula is C27H32F2N4O5. The van der Waals surface area contributed by atoms with Crippen LogP contribution in [0.25, 0.3) is 0 Å². The summed E-state index contributed by atoms with van der Waals surface area (Å²) in [6, 6.07) is 8.14. The molecular weight excluding hydrogens is 498 g/mol. The Balaban J connectivity index is 1.37. The van der Waals surface area contributed by atoms with Gasteiger partial charge in [-0.25, -0.2) is 14.2 Å². The molecule has 0 aliphatic carbocycles. The second kappa shape index (κ2) is 11.1. The first-order valence-electron chi connectivity index (χ1n) is 12.4. The van der Waals surface area contributed by atoms with E-state index in [1.165, 1.54) is 25.4 Å². The summed E-state index contributed by atoms with van der Waals surface area (Å²) < 4.78 is 51.2. The quantitative estimate of drug-likeness (QED) is 0.524. The molecule has 0 N–H and O–H groups in total. The summed E-state index contributed by atoms with van der Waals surface area (Å²) in [5.41, 5.74) is -0.289. The van der Waals surface area contributed by atoms with Crippen LogP contribution in [0.3, 0.4) is 0 Å². The Bertz CT molecular complexity index is 1180. The van der Waals surface area contributed by atoms with E-state index in [1.54, 1.807) is 21.9 Å². The molecule has 2 aliphatic heterocycles. The van der Waals surface area contributed by atoms with Gasteiger partial charge >= 0.3 is 6.09 Å². The zero-order valence-corrected chi connectivity index (χ0v) is 22.0. The van der Waals surface area contributed by atoms with Gasteiger partial charge in [-0.3, -0.25) is 0 Å². The van der Waals surface area contributed by atoms with Crippen molar-refractivity contribution in [3.05, 3.63) is 53.2 Å². The summed E-state index contributed by atoms with van der Waals surface area (Å²) in [4.78, 5) is 20.0. The number of nitrogens with zero attached hydrogens (tertiary/aromatic N) is 4. The van der Waals surface area contributed by atoms with E-state index in [1.807, 2.05) is 26.8 Å². The molecule has 4 rings (SSSR count). The first-order chi connectivity index (χ1) is 18.0. The topological polar surface area (TPSA) is 97.1 Å². The number of hydrogen-bond acceptors (Lipinski definition) is 8. The van der Waals surface area contributed by atoms with Crippen molar-refractivity contribution in [1.29, 1.82) is 5.26 Å². The number of halogens is 2. The molecule has 38 heavy (non-hydrogen) atoms. The number of amides is 1. The molecule has 2 aliphatic rings. The second-order valence-corrected chi connectivity index (χ2v) is 10.7. The number of aromatic nitrogens is 1. The number of nitriles is 1. The maximum atomic E-state index is 14.7. The van der Waals surface area contributed by atoms with Crippen LogP contribution in [-0.2, 0) is 20.8 Å². The molecule has 1 spiro atoms. The maximum absolute atomic E-state index is 14.7. The van der Waals surface area contributed by atoms with E-state index in [4.69, 9.17) is 24.2 Å². The molecule has 1 aromatic heterocycles. The summed E-state index contributed by atoms with van der Waals surface area (Å²) in [6.07, 6.45) is 1.01. The number of methoxy groups -OCH3 is 1. The number of carbonyl (C=O) groups excluding carboxylic acids is 1. The van der Waals surface area contributed by atoms with Gasteiger partial charge < -0.3 is 28.7 Å². The van der Waals surface area contributed by atoms with Crippen LogP contribution in [0.2, 0.25) is 0 Å². The Morgan fingerprint density at radius 3 is 2.50 bits per heavy atom. The minimum Gasteiger partial charge on any atom is -0.494 e. The van der Waals surface area contributed by atoms with Gasteiger partial charge in [0.25, 0.3) is 0 Å². The summed E-state index contributed by atoms with van der Waals surface area (Å²) in [5.74, 6) is -1.72. The summed E-state index contributed by atoms with van der Waals surface area (Å²) >= 11 is 0. The molecule has 1 amide bonds. The molecule has 1 aromatic carbocycles. The van der Waals surface area contributed by atoms with Crippen molar-refractivity contribution in [3.63, 3.8) is 0 Å². The predicted octanol–water partition coefficient (Wildman–Crippen LogP) is 4.25. The third-order valence-corrected chi connectivity index (χ3v) is 6.40. The Kier molecular flexibility index (Phi) is 8.04. The lowest BCUT2D eigenvalue weighted by molar-refractivity contribution is -0.254. The van der Waals surface area contributed by atoms with Crippen LogP contribution >= 0.6 is 0 Å². The van der Waals surface area contributed by atoms with Crippen LogP contribution in [0.15, 0.2) is 30.5 Å². The summed E-state index contributed by atoms with van der Waals surface area (Å²) in [7, 11) is 1.28. The van der Waals surface area contributed by atoms with Gasteiger partial charge in [-0.05, 0) is 39.0 Å². The van der Waals surface area contributed by atoms with Crippen molar-refractivity contribution in [2.75, 3.05) is 44.9 Å². The number of benzene rings is 1. The Hall–Kier alpha value is -3.49. The molecule has 0 atom stereocenters. The number of rotatable bonds is 7. The highest BCUT2D eigenvalue weighted by molar-refractivity contribution is 5.69. The average molecular weight is 531 g/mol. The van der Waals surface area contributed by atoms with Gasteiger partial charge in [0, 0.05) is 44.4 Å². The maximum Gasteiger partial charge on any atom is 0.410 e. The van der Waals surface area contributed by atoms with Crippen molar-refractivity contribution in [2.45, 2.75) is 45.6 Å². The average Bonchev–Trinajstić information content (AvgIpc) is 2.87. The summed E-state index contributed by atoms with van der Waals surface area (Å²) in [6.45, 7) is 7.75. The SMILES string of the molecule is COc1ccc(CN(CCC2OCC3(CO2)CN(C(=O)OC(C)(C)C)C3)c2ccc(C#N)cn2)c(F)c1F. The van der Waals surface area contributed by atoms with Crippen LogP contribution in [-0.4, -0.2) is 67.8 Å². The highest BCUT2D eigenvalue weighted by Crippen LogP contribution is 2.36. The number of carbonyl (C=O) groups is 1. The monoisotopic (exact) mass is 530 g/mol. The normalized spacial score (nSPS) is 17.0. The van der Waals surface area contributed by atoms with Crippen molar-refractivity contribution in [2.24, 2.45) is 5.41 Å². The minimum atomic E-state index is -1.05. The predicted molar refractivity (Wildman–Crippen MR) is 133 cm³/mol. The number of pyridine rings is 1. The zero-order chi connectivity index (χ0) is 27.5. The lowest BCUT2D eigenvalue weighted by Crippen LogP contribution is -2.65. The lowest BCUT2D eigenvalue weighted by Gasteiger charge is -2.52. The van der Waals surface area contributed by atoms with Gasteiger partial charge in [0.2, 0.25) is 5.82 Å². The largest absolute Gasteiger partial charge is 0.494 e. The van der Waals surface area contributed by atoms with E-state index in [9.17, 15) is 13.6 Å². The van der Waals surface area contributed by atoms with E-state index in [0.717, 1.165) is 0 Å². The fourth-order valence-corrected chi connectivity index (χ4v) is 4.43. The Morgan fingerprint density at radius 1 is 1.21 bits per heavy atom. The lowest BCUT2D eigenvalue weighted by atomic mass is 9.81. The second-order valence-electron chi connectivity index (χ2n) is 10.7. The molecule has 2 aromatic rings. The van der Waals surface area contributed by atoms with Crippen LogP contribution in [0.4, 0.5) is 19.4 Å². The van der Waals surface area contributed by atoms with Crippen LogP contribution < -0.4 is 9.64 Å². The smallest absolute Gasteiger partial charge is 0.410 e. The molecule has 0 bridgehead atoms. The molecule has 11 heteroatoms. The number of ether oxygens (including phenoxy) is 4. The highest BCUT2D eigenvalue weighted by atomic mass is 19.2. The van der Waals surface area contributed by atoms with Gasteiger partial charge in [0.1, 0.15) is 17.5 Å². The first kappa shape index (κ1) is 27.5. The number of likely N-dealkylation sites (tertiary alicyclic amines) is 1. The van der Waals surface area contributed by atoms with Gasteiger partial charge in [0.05, 0.1) is 31.3 Å². The Morgan fingerprint density at radius 2 is 1.92 bits per heavy atom. The molecule has 0 unspecified atom stereocenters. The molecule has 9 nitrogen and oxygen atoms in total. The third kappa shape index (κ3) is 6.31. The van der Waals surface area contributed by atoms with Crippen LogP contribution in [0.5, 0.6) is 5.75 Å². The third-order valence-electron chi connectivity index (χ3n) is 6.40. The van der Waals surface area contributed by atoms with Crippen LogP contribution in [0, 0.1) is 28.4 Å². The van der Waals surface area contributed by atoms with Crippen molar-refractivity contribution in [1.82, 2.24) is 9.88 Å². The fourth-order valence-electron chi connectivity index (χ4n) is 4.43. The minimum absolute atomic E-state index is 0.0349. The van der Waals surface area contributed by atoms with Crippen molar-refractivity contribution >= 4 is 11.9 Å². The van der Waals surface area contributed by atoms with Crippen LogP contribution in [0.1, 0.15) is 38.3 Å². The van der Waals surface area contributed by atoms with Crippen molar-refractivity contribution in [3.8, 4) is 11.8 Å². The van der Waals surface area contributed by atoms with Gasteiger partial charge in [0.15, 0.2) is 17.9 Å². The molecule has 0 saturated carbocycles. The Labute approximate surface area is 220 Å². The standard InChI is InChI=1S/C27H32F2N4O5/c1-26(2,3)38-25(34)33-14-27(15-33)16-36-22(37-17-27)9-10-32(21-8-5-18(11-30)12-31-21)13-19-6-7-20(35-4)24(29)23(19)28/h5-8,12,22H,9-10,13-17H2,1-4H3. The van der Waals surface area contributed by atoms with Gasteiger partial charge in [-0.15, -0.1) is 0 Å². The molecule has 2 fully saturated rings. The van der Waals surface area contributed by atoms with Gasteiger partial charge in [-0.2, -0.15) is 9.65 Å². The van der Waals surface area contributed by atoms with E-state index in [0.29, 0.717) is 50.7 Å². The first-order valence-corrected chi connectivity index (χ1v) is 12.4. The highest BCUT2D eigenvalue weighted by Gasteiger charge is 2.49. The molecule has 2 saturated heterocycles. The van der Waals surface area contributed by atoms with Gasteiger partial charge in [-0.1, -0.05) is 6.07 Å². The molecule has 204 valence electrons. The van der Waals surface area contributed by atoms with E-state index < -0.39 is 23.5 Å². The molecule has 3 heterocycles. The zero-order valence-electron chi connectivity index (χ0n) is 22.0. The van der Waals surface area contributed by atoms with E-state index in [2.05, 4.69) is 4.98 Å². The van der Waals surface area contributed by atoms with E-state index >= 15 is 0 Å². The molecule has 0 radical (unpaired) electrons. The number of hydrogen-bond donors (Lipinski definition) is 0. The summed E-state index contributed by atoms with van der Waals surface area (Å²) in [5, 5.41) is 9.09. The van der Waals surface area contributed by atoms with Crippen molar-refractivity contribution < 1.29 is 32.5 Å². The number of anilines is 1. The van der Waals surface area contributed by atoms with E-state index in [-0.39, 0.29) is 29.4 Å². The fraction of sp³-hybridized carbons (Fsp3) is 0.519.